The molecule has 0 saturated carbocycles. The highest BCUT2D eigenvalue weighted by Gasteiger charge is 2.31. The van der Waals surface area contributed by atoms with Crippen molar-refractivity contribution in [1.29, 1.82) is 5.26 Å². The van der Waals surface area contributed by atoms with Gasteiger partial charge in [0.05, 0.1) is 18.4 Å². The van der Waals surface area contributed by atoms with Gasteiger partial charge in [0.15, 0.2) is 0 Å². The van der Waals surface area contributed by atoms with Gasteiger partial charge in [0.2, 0.25) is 0 Å². The molecule has 1 atom stereocenters. The Balaban J connectivity index is 1.81. The number of aromatic nitrogens is 2. The number of alkyl halides is 3. The fourth-order valence-corrected chi connectivity index (χ4v) is 2.82. The summed E-state index contributed by atoms with van der Waals surface area (Å²) >= 11 is 0. The monoisotopic (exact) mass is 336 g/mol. The van der Waals surface area contributed by atoms with Crippen LogP contribution in [0.3, 0.4) is 0 Å². The summed E-state index contributed by atoms with van der Waals surface area (Å²) in [7, 11) is 1.75. The molecule has 2 aromatic rings. The number of nitrogens with zero attached hydrogens (tertiary/aromatic N) is 4. The lowest BCUT2D eigenvalue weighted by Gasteiger charge is -2.34. The minimum atomic E-state index is -4.35. The Hall–Kier alpha value is -2.53. The molecule has 5 nitrogen and oxygen atoms in total. The number of ether oxygens (including phenoxy) is 1. The van der Waals surface area contributed by atoms with Crippen LogP contribution in [0.5, 0.6) is 0 Å². The van der Waals surface area contributed by atoms with Crippen LogP contribution in [-0.4, -0.2) is 29.5 Å². The maximum atomic E-state index is 12.7. The van der Waals surface area contributed by atoms with Crippen LogP contribution in [0.15, 0.2) is 30.5 Å². The Labute approximate surface area is 136 Å². The predicted molar refractivity (Wildman–Crippen MR) is 80.3 cm³/mol. The summed E-state index contributed by atoms with van der Waals surface area (Å²) < 4.78 is 45.3. The first-order valence-corrected chi connectivity index (χ1v) is 7.36. The number of rotatable bonds is 2. The molecule has 1 fully saturated rings. The highest BCUT2D eigenvalue weighted by atomic mass is 19.4. The topological polar surface area (TPSA) is 54.1 Å². The molecule has 1 aliphatic rings. The molecule has 2 heterocycles. The molecule has 1 aromatic heterocycles. The number of hydrogen-bond donors (Lipinski definition) is 0. The summed E-state index contributed by atoms with van der Waals surface area (Å²) in [5.74, 6) is 0.692. The van der Waals surface area contributed by atoms with Gasteiger partial charge in [-0.25, -0.2) is 0 Å². The maximum absolute atomic E-state index is 12.7. The van der Waals surface area contributed by atoms with Gasteiger partial charge in [0.1, 0.15) is 23.6 Å². The van der Waals surface area contributed by atoms with Gasteiger partial charge in [-0.15, -0.1) is 0 Å². The third-order valence-electron chi connectivity index (χ3n) is 4.00. The number of hydrogen-bond acceptors (Lipinski definition) is 4. The molecule has 1 aromatic carbocycles. The van der Waals surface area contributed by atoms with Gasteiger partial charge in [-0.3, -0.25) is 4.68 Å². The number of anilines is 1. The van der Waals surface area contributed by atoms with Crippen molar-refractivity contribution in [2.75, 3.05) is 24.6 Å². The van der Waals surface area contributed by atoms with E-state index in [4.69, 9.17) is 4.74 Å². The standard InChI is InChI=1S/C16H15F3N4O/c1-22-15(12(8-20)9-21-22)23-6-7-24-14(10-23)11-2-4-13(5-3-11)16(17,18)19/h2-5,9,14H,6-7,10H2,1H3. The zero-order valence-corrected chi connectivity index (χ0v) is 12.9. The third-order valence-corrected chi connectivity index (χ3v) is 4.00. The Morgan fingerprint density at radius 3 is 2.62 bits per heavy atom. The van der Waals surface area contributed by atoms with E-state index in [-0.39, 0.29) is 6.10 Å². The van der Waals surface area contributed by atoms with Crippen molar-refractivity contribution < 1.29 is 17.9 Å². The minimum Gasteiger partial charge on any atom is -0.370 e. The van der Waals surface area contributed by atoms with Crippen molar-refractivity contribution in [3.05, 3.63) is 47.2 Å². The molecular weight excluding hydrogens is 321 g/mol. The summed E-state index contributed by atoms with van der Waals surface area (Å²) in [4.78, 5) is 1.97. The van der Waals surface area contributed by atoms with E-state index >= 15 is 0 Å². The highest BCUT2D eigenvalue weighted by Crippen LogP contribution is 2.32. The van der Waals surface area contributed by atoms with Crippen LogP contribution in [0.4, 0.5) is 19.0 Å². The van der Waals surface area contributed by atoms with Crippen molar-refractivity contribution in [3.63, 3.8) is 0 Å². The first kappa shape index (κ1) is 16.3. The molecule has 0 radical (unpaired) electrons. The molecule has 24 heavy (non-hydrogen) atoms. The summed E-state index contributed by atoms with van der Waals surface area (Å²) in [5.41, 5.74) is 0.455. The van der Waals surface area contributed by atoms with Crippen LogP contribution < -0.4 is 4.90 Å². The molecule has 0 spiro atoms. The molecule has 1 saturated heterocycles. The first-order chi connectivity index (χ1) is 11.4. The molecule has 0 N–H and O–H groups in total. The summed E-state index contributed by atoms with van der Waals surface area (Å²) in [6, 6.07) is 7.09. The summed E-state index contributed by atoms with van der Waals surface area (Å²) in [6.07, 6.45) is -3.21. The van der Waals surface area contributed by atoms with E-state index in [2.05, 4.69) is 11.2 Å². The molecule has 1 unspecified atom stereocenters. The van der Waals surface area contributed by atoms with Gasteiger partial charge in [-0.05, 0) is 17.7 Å². The van der Waals surface area contributed by atoms with Crippen LogP contribution in [-0.2, 0) is 18.0 Å². The lowest BCUT2D eigenvalue weighted by atomic mass is 10.0. The van der Waals surface area contributed by atoms with Crippen molar-refractivity contribution in [2.45, 2.75) is 12.3 Å². The van der Waals surface area contributed by atoms with E-state index in [9.17, 15) is 18.4 Å². The molecule has 8 heteroatoms. The number of benzene rings is 1. The lowest BCUT2D eigenvalue weighted by Crippen LogP contribution is -2.39. The van der Waals surface area contributed by atoms with Gasteiger partial charge in [0, 0.05) is 20.1 Å². The quantitative estimate of drug-likeness (QED) is 0.846. The average molecular weight is 336 g/mol. The van der Waals surface area contributed by atoms with Crippen molar-refractivity contribution in [1.82, 2.24) is 9.78 Å². The molecule has 0 aliphatic carbocycles. The first-order valence-electron chi connectivity index (χ1n) is 7.36. The van der Waals surface area contributed by atoms with E-state index < -0.39 is 11.7 Å². The number of morpholine rings is 1. The summed E-state index contributed by atoms with van der Waals surface area (Å²) in [6.45, 7) is 1.45. The molecule has 126 valence electrons. The Kier molecular flexibility index (Phi) is 4.20. The smallest absolute Gasteiger partial charge is 0.370 e. The SMILES string of the molecule is Cn1ncc(C#N)c1N1CCOC(c2ccc(C(F)(F)F)cc2)C1. The second kappa shape index (κ2) is 6.17. The molecule has 3 rings (SSSR count). The number of halogens is 3. The highest BCUT2D eigenvalue weighted by molar-refractivity contribution is 5.54. The zero-order valence-electron chi connectivity index (χ0n) is 12.9. The van der Waals surface area contributed by atoms with Gasteiger partial charge in [-0.1, -0.05) is 12.1 Å². The fourth-order valence-electron chi connectivity index (χ4n) is 2.82. The zero-order chi connectivity index (χ0) is 17.3. The predicted octanol–water partition coefficient (Wildman–Crippen LogP) is 2.89. The van der Waals surface area contributed by atoms with E-state index in [0.717, 1.165) is 12.1 Å². The molecule has 1 aliphatic heterocycles. The van der Waals surface area contributed by atoms with Crippen LogP contribution >= 0.6 is 0 Å². The normalized spacial score (nSPS) is 18.5. The van der Waals surface area contributed by atoms with Gasteiger partial charge in [-0.2, -0.15) is 23.5 Å². The van der Waals surface area contributed by atoms with Crippen molar-refractivity contribution in [3.8, 4) is 6.07 Å². The van der Waals surface area contributed by atoms with Crippen molar-refractivity contribution >= 4 is 5.82 Å². The van der Waals surface area contributed by atoms with Crippen molar-refractivity contribution in [2.24, 2.45) is 7.05 Å². The Bertz CT molecular complexity index is 761. The summed E-state index contributed by atoms with van der Waals surface area (Å²) in [5, 5.41) is 13.3. The van der Waals surface area contributed by atoms with Crippen LogP contribution in [0, 0.1) is 11.3 Å². The Morgan fingerprint density at radius 2 is 2.00 bits per heavy atom. The molecular formula is C16H15F3N4O. The van der Waals surface area contributed by atoms with Gasteiger partial charge < -0.3 is 9.64 Å². The van der Waals surface area contributed by atoms with Crippen LogP contribution in [0.1, 0.15) is 22.8 Å². The van der Waals surface area contributed by atoms with Gasteiger partial charge in [0.25, 0.3) is 0 Å². The van der Waals surface area contributed by atoms with E-state index in [0.29, 0.717) is 36.6 Å². The largest absolute Gasteiger partial charge is 0.416 e. The Morgan fingerprint density at radius 1 is 1.29 bits per heavy atom. The van der Waals surface area contributed by atoms with Crippen LogP contribution in [0.2, 0.25) is 0 Å². The van der Waals surface area contributed by atoms with E-state index in [1.54, 1.807) is 11.7 Å². The maximum Gasteiger partial charge on any atom is 0.416 e. The minimum absolute atomic E-state index is 0.359. The molecule has 0 amide bonds. The number of aryl methyl sites for hydroxylation is 1. The average Bonchev–Trinajstić information content (AvgIpc) is 2.95. The lowest BCUT2D eigenvalue weighted by molar-refractivity contribution is -0.137. The number of nitriles is 1. The van der Waals surface area contributed by atoms with Gasteiger partial charge >= 0.3 is 6.18 Å². The fraction of sp³-hybridized carbons (Fsp3) is 0.375. The second-order valence-electron chi connectivity index (χ2n) is 5.54. The van der Waals surface area contributed by atoms with E-state index in [1.165, 1.54) is 18.3 Å². The third kappa shape index (κ3) is 3.08. The second-order valence-corrected chi connectivity index (χ2v) is 5.54. The van der Waals surface area contributed by atoms with Crippen LogP contribution in [0.25, 0.3) is 0 Å². The van der Waals surface area contributed by atoms with E-state index in [1.807, 2.05) is 4.90 Å². The molecule has 0 bridgehead atoms.